The van der Waals surface area contributed by atoms with Crippen molar-refractivity contribution >= 4 is 21.8 Å². The number of hydrogen-bond acceptors (Lipinski definition) is 3. The van der Waals surface area contributed by atoms with Gasteiger partial charge in [0.25, 0.3) is 0 Å². The number of hydrogen-bond donors (Lipinski definition) is 0. The minimum atomic E-state index is 0.154. The van der Waals surface area contributed by atoms with Gasteiger partial charge in [-0.25, -0.2) is 9.97 Å². The number of nitrogens with zero attached hydrogens (tertiary/aromatic N) is 3. The van der Waals surface area contributed by atoms with Crippen molar-refractivity contribution in [3.05, 3.63) is 58.1 Å². The highest BCUT2D eigenvalue weighted by atomic mass is 79.9. The summed E-state index contributed by atoms with van der Waals surface area (Å²) >= 11 is 3.40. The molecule has 0 spiro atoms. The smallest absolute Gasteiger partial charge is 0.227 e. The Labute approximate surface area is 126 Å². The van der Waals surface area contributed by atoms with E-state index in [-0.39, 0.29) is 5.91 Å². The zero-order valence-corrected chi connectivity index (χ0v) is 12.5. The topological polar surface area (TPSA) is 46.1 Å². The highest BCUT2D eigenvalue weighted by molar-refractivity contribution is 9.10. The zero-order valence-electron chi connectivity index (χ0n) is 10.9. The fraction of sp³-hybridized carbons (Fsp3) is 0.267. The molecule has 102 valence electrons. The normalized spacial score (nSPS) is 13.9. The Bertz CT molecular complexity index is 627. The fourth-order valence-corrected chi connectivity index (χ4v) is 2.63. The first-order chi connectivity index (χ1) is 9.72. The summed E-state index contributed by atoms with van der Waals surface area (Å²) in [6.45, 7) is 1.35. The average Bonchev–Trinajstić information content (AvgIpc) is 2.49. The van der Waals surface area contributed by atoms with Crippen molar-refractivity contribution in [2.45, 2.75) is 19.4 Å². The van der Waals surface area contributed by atoms with E-state index in [1.165, 1.54) is 0 Å². The van der Waals surface area contributed by atoms with Crippen molar-refractivity contribution in [2.75, 3.05) is 6.54 Å². The Kier molecular flexibility index (Phi) is 3.78. The Balaban J connectivity index is 1.68. The van der Waals surface area contributed by atoms with Crippen LogP contribution >= 0.6 is 15.9 Å². The molecule has 0 radical (unpaired) electrons. The lowest BCUT2D eigenvalue weighted by Crippen LogP contribution is -2.37. The number of benzene rings is 1. The lowest BCUT2D eigenvalue weighted by atomic mass is 10.1. The van der Waals surface area contributed by atoms with E-state index in [0.29, 0.717) is 13.0 Å². The van der Waals surface area contributed by atoms with E-state index < -0.39 is 0 Å². The largest absolute Gasteiger partial charge is 0.338 e. The Morgan fingerprint density at radius 1 is 1.30 bits per heavy atom. The summed E-state index contributed by atoms with van der Waals surface area (Å²) in [5, 5.41) is 0. The summed E-state index contributed by atoms with van der Waals surface area (Å²) in [7, 11) is 0. The third-order valence-electron chi connectivity index (χ3n) is 3.48. The van der Waals surface area contributed by atoms with Gasteiger partial charge < -0.3 is 4.90 Å². The number of carbonyl (C=O) groups excluding carboxylic acids is 1. The van der Waals surface area contributed by atoms with Crippen LogP contribution in [-0.2, 0) is 24.2 Å². The molecule has 0 fully saturated rings. The van der Waals surface area contributed by atoms with Crippen molar-refractivity contribution in [3.63, 3.8) is 0 Å². The molecule has 0 saturated carbocycles. The van der Waals surface area contributed by atoms with Crippen molar-refractivity contribution < 1.29 is 4.79 Å². The summed E-state index contributed by atoms with van der Waals surface area (Å²) in [6.07, 6.45) is 4.62. The number of halogens is 1. The van der Waals surface area contributed by atoms with Crippen LogP contribution in [0.1, 0.15) is 16.8 Å². The first-order valence-electron chi connectivity index (χ1n) is 6.52. The monoisotopic (exact) mass is 331 g/mol. The van der Waals surface area contributed by atoms with Crippen molar-refractivity contribution in [1.29, 1.82) is 0 Å². The summed E-state index contributed by atoms with van der Waals surface area (Å²) in [4.78, 5) is 22.5. The molecular formula is C15H14BrN3O. The second-order valence-electron chi connectivity index (χ2n) is 4.86. The maximum Gasteiger partial charge on any atom is 0.227 e. The third kappa shape index (κ3) is 2.88. The number of carbonyl (C=O) groups is 1. The first kappa shape index (κ1) is 13.2. The number of amides is 1. The van der Waals surface area contributed by atoms with Gasteiger partial charge in [0, 0.05) is 35.7 Å². The minimum Gasteiger partial charge on any atom is -0.338 e. The summed E-state index contributed by atoms with van der Waals surface area (Å²) in [5.41, 5.74) is 3.16. The molecule has 2 aromatic rings. The highest BCUT2D eigenvalue weighted by Gasteiger charge is 2.21. The van der Waals surface area contributed by atoms with Crippen molar-refractivity contribution in [1.82, 2.24) is 14.9 Å². The summed E-state index contributed by atoms with van der Waals surface area (Å²) < 4.78 is 1.03. The quantitative estimate of drug-likeness (QED) is 0.848. The molecule has 0 N–H and O–H groups in total. The molecule has 1 amide bonds. The van der Waals surface area contributed by atoms with E-state index in [0.717, 1.165) is 34.3 Å². The Morgan fingerprint density at radius 3 is 2.90 bits per heavy atom. The van der Waals surface area contributed by atoms with E-state index in [1.54, 1.807) is 12.5 Å². The van der Waals surface area contributed by atoms with Crippen LogP contribution in [0.2, 0.25) is 0 Å². The molecule has 4 nitrogen and oxygen atoms in total. The molecule has 0 atom stereocenters. The van der Waals surface area contributed by atoms with Crippen LogP contribution < -0.4 is 0 Å². The summed E-state index contributed by atoms with van der Waals surface area (Å²) in [5.74, 6) is 0.154. The molecule has 1 aromatic heterocycles. The van der Waals surface area contributed by atoms with Gasteiger partial charge in [-0.1, -0.05) is 28.1 Å². The van der Waals surface area contributed by atoms with Crippen LogP contribution in [0, 0.1) is 0 Å². The van der Waals surface area contributed by atoms with Crippen molar-refractivity contribution in [3.8, 4) is 0 Å². The second-order valence-corrected chi connectivity index (χ2v) is 5.78. The third-order valence-corrected chi connectivity index (χ3v) is 4.01. The molecule has 3 rings (SSSR count). The molecule has 0 aliphatic carbocycles. The number of rotatable bonds is 2. The van der Waals surface area contributed by atoms with Gasteiger partial charge in [-0.2, -0.15) is 0 Å². The highest BCUT2D eigenvalue weighted by Crippen LogP contribution is 2.17. The molecule has 1 aliphatic rings. The van der Waals surface area contributed by atoms with Gasteiger partial charge in [0.15, 0.2) is 0 Å². The molecule has 2 heterocycles. The molecule has 20 heavy (non-hydrogen) atoms. The minimum absolute atomic E-state index is 0.154. The van der Waals surface area contributed by atoms with Gasteiger partial charge in [-0.3, -0.25) is 4.79 Å². The Hall–Kier alpha value is -1.75. The van der Waals surface area contributed by atoms with Crippen LogP contribution in [-0.4, -0.2) is 27.3 Å². The van der Waals surface area contributed by atoms with Crippen LogP contribution in [0.25, 0.3) is 0 Å². The molecule has 0 saturated heterocycles. The van der Waals surface area contributed by atoms with Gasteiger partial charge in [-0.05, 0) is 17.7 Å². The van der Waals surface area contributed by atoms with Gasteiger partial charge >= 0.3 is 0 Å². The number of fused-ring (bicyclic) bond motifs is 1. The van der Waals surface area contributed by atoms with Crippen molar-refractivity contribution in [2.24, 2.45) is 0 Å². The Morgan fingerprint density at radius 2 is 2.10 bits per heavy atom. The molecule has 1 aromatic carbocycles. The molecular weight excluding hydrogens is 318 g/mol. The fourth-order valence-electron chi connectivity index (χ4n) is 2.37. The lowest BCUT2D eigenvalue weighted by molar-refractivity contribution is -0.131. The molecule has 0 bridgehead atoms. The maximum atomic E-state index is 12.3. The van der Waals surface area contributed by atoms with Crippen LogP contribution in [0.15, 0.2) is 41.3 Å². The van der Waals surface area contributed by atoms with Gasteiger partial charge in [0.1, 0.15) is 6.33 Å². The zero-order chi connectivity index (χ0) is 13.9. The lowest BCUT2D eigenvalue weighted by Gasteiger charge is -2.27. The van der Waals surface area contributed by atoms with Gasteiger partial charge in [0.2, 0.25) is 5.91 Å². The SMILES string of the molecule is O=C(Cc1ccc(Br)cc1)N1CCc2ncncc2C1. The van der Waals surface area contributed by atoms with Crippen LogP contribution in [0.4, 0.5) is 0 Å². The molecule has 0 unspecified atom stereocenters. The van der Waals surface area contributed by atoms with E-state index >= 15 is 0 Å². The van der Waals surface area contributed by atoms with Gasteiger partial charge in [-0.15, -0.1) is 0 Å². The van der Waals surface area contributed by atoms with E-state index in [4.69, 9.17) is 0 Å². The maximum absolute atomic E-state index is 12.3. The van der Waals surface area contributed by atoms with Gasteiger partial charge in [0.05, 0.1) is 12.1 Å². The number of aromatic nitrogens is 2. The molecule has 1 aliphatic heterocycles. The first-order valence-corrected chi connectivity index (χ1v) is 7.31. The van der Waals surface area contributed by atoms with Crippen LogP contribution in [0.5, 0.6) is 0 Å². The predicted molar refractivity (Wildman–Crippen MR) is 79.0 cm³/mol. The summed E-state index contributed by atoms with van der Waals surface area (Å²) in [6, 6.07) is 7.87. The second kappa shape index (κ2) is 5.71. The van der Waals surface area contributed by atoms with Crippen LogP contribution in [0.3, 0.4) is 0 Å². The molecule has 5 heteroatoms. The van der Waals surface area contributed by atoms with E-state index in [2.05, 4.69) is 25.9 Å². The standard InChI is InChI=1S/C15H14BrN3O/c16-13-3-1-11(2-4-13)7-15(20)19-6-5-14-12(9-19)8-17-10-18-14/h1-4,8,10H,5-7,9H2. The van der Waals surface area contributed by atoms with E-state index in [1.807, 2.05) is 29.2 Å². The van der Waals surface area contributed by atoms with E-state index in [9.17, 15) is 4.79 Å². The average molecular weight is 332 g/mol. The predicted octanol–water partition coefficient (Wildman–Crippen LogP) is 2.37.